The van der Waals surface area contributed by atoms with E-state index in [2.05, 4.69) is 24.3 Å². The van der Waals surface area contributed by atoms with Crippen LogP contribution in [0.1, 0.15) is 29.5 Å². The van der Waals surface area contributed by atoms with Crippen molar-refractivity contribution in [1.29, 1.82) is 0 Å². The first-order chi connectivity index (χ1) is 13.4. The molecular weight excluding hydrogens is 367 g/mol. The molecule has 4 rings (SSSR count). The van der Waals surface area contributed by atoms with Crippen molar-refractivity contribution in [3.63, 3.8) is 0 Å². The number of benzene rings is 2. The molecule has 2 aliphatic rings. The summed E-state index contributed by atoms with van der Waals surface area (Å²) in [7, 11) is 0. The van der Waals surface area contributed by atoms with E-state index in [-0.39, 0.29) is 17.1 Å². The van der Waals surface area contributed by atoms with Gasteiger partial charge in [0, 0.05) is 18.5 Å². The molecule has 2 aromatic rings. The molecular formula is C22H20F3NO2. The zero-order valence-corrected chi connectivity index (χ0v) is 15.2. The fourth-order valence-electron chi connectivity index (χ4n) is 4.08. The first kappa shape index (κ1) is 18.6. The molecule has 0 atom stereocenters. The predicted molar refractivity (Wildman–Crippen MR) is 99.9 cm³/mol. The van der Waals surface area contributed by atoms with Gasteiger partial charge in [-0.05, 0) is 36.1 Å². The van der Waals surface area contributed by atoms with Gasteiger partial charge in [-0.1, -0.05) is 48.6 Å². The van der Waals surface area contributed by atoms with Gasteiger partial charge in [0.1, 0.15) is 5.75 Å². The number of amides is 1. The Bertz CT molecular complexity index is 912. The molecule has 146 valence electrons. The van der Waals surface area contributed by atoms with Crippen LogP contribution in [-0.4, -0.2) is 30.5 Å². The number of fused-ring (bicyclic) bond motifs is 2. The van der Waals surface area contributed by atoms with Crippen molar-refractivity contribution in [2.24, 2.45) is 0 Å². The van der Waals surface area contributed by atoms with Crippen LogP contribution in [-0.2, 0) is 16.4 Å². The Hall–Kier alpha value is -2.76. The standard InChI is InChI=1S/C22H20F3NO2/c23-22(24,25)18-7-3-4-8-19(18)28-15-20(27)26-13-11-21(12-14-26)10-9-16-5-1-2-6-17(16)21/h1-10H,11-15H2. The topological polar surface area (TPSA) is 29.5 Å². The Morgan fingerprint density at radius 2 is 1.71 bits per heavy atom. The lowest BCUT2D eigenvalue weighted by Crippen LogP contribution is -2.45. The molecule has 0 radical (unpaired) electrons. The van der Waals surface area contributed by atoms with Gasteiger partial charge in [0.05, 0.1) is 5.56 Å². The Labute approximate surface area is 161 Å². The number of rotatable bonds is 3. The predicted octanol–water partition coefficient (Wildman–Crippen LogP) is 4.67. The summed E-state index contributed by atoms with van der Waals surface area (Å²) in [5.41, 5.74) is 1.59. The second-order valence-electron chi connectivity index (χ2n) is 7.24. The summed E-state index contributed by atoms with van der Waals surface area (Å²) < 4.78 is 44.3. The Morgan fingerprint density at radius 1 is 1.04 bits per heavy atom. The van der Waals surface area contributed by atoms with Gasteiger partial charge in [-0.15, -0.1) is 0 Å². The second-order valence-corrected chi connectivity index (χ2v) is 7.24. The highest BCUT2D eigenvalue weighted by Gasteiger charge is 2.39. The Morgan fingerprint density at radius 3 is 2.46 bits per heavy atom. The molecule has 3 nitrogen and oxygen atoms in total. The first-order valence-corrected chi connectivity index (χ1v) is 9.25. The van der Waals surface area contributed by atoms with Gasteiger partial charge < -0.3 is 9.64 Å². The van der Waals surface area contributed by atoms with E-state index in [0.717, 1.165) is 18.9 Å². The van der Waals surface area contributed by atoms with Crippen molar-refractivity contribution in [1.82, 2.24) is 4.90 Å². The quantitative estimate of drug-likeness (QED) is 0.766. The van der Waals surface area contributed by atoms with Crippen LogP contribution in [0.5, 0.6) is 5.75 Å². The van der Waals surface area contributed by atoms with E-state index in [1.807, 2.05) is 12.1 Å². The minimum absolute atomic E-state index is 0.0445. The second kappa shape index (κ2) is 7.00. The first-order valence-electron chi connectivity index (χ1n) is 9.25. The van der Waals surface area contributed by atoms with Crippen molar-refractivity contribution >= 4 is 12.0 Å². The summed E-state index contributed by atoms with van der Waals surface area (Å²) in [5, 5.41) is 0. The highest BCUT2D eigenvalue weighted by atomic mass is 19.4. The number of hydrogen-bond acceptors (Lipinski definition) is 2. The van der Waals surface area contributed by atoms with Gasteiger partial charge in [-0.3, -0.25) is 4.79 Å². The maximum atomic E-state index is 13.0. The van der Waals surface area contributed by atoms with Gasteiger partial charge in [0.2, 0.25) is 0 Å². The lowest BCUT2D eigenvalue weighted by molar-refractivity contribution is -0.141. The number of nitrogens with zero attached hydrogens (tertiary/aromatic N) is 1. The summed E-state index contributed by atoms with van der Waals surface area (Å²) in [6, 6.07) is 13.2. The van der Waals surface area contributed by atoms with Crippen LogP contribution in [0.4, 0.5) is 13.2 Å². The van der Waals surface area contributed by atoms with Gasteiger partial charge in [-0.2, -0.15) is 13.2 Å². The molecule has 0 unspecified atom stereocenters. The summed E-state index contributed by atoms with van der Waals surface area (Å²) in [5.74, 6) is -0.605. The smallest absolute Gasteiger partial charge is 0.419 e. The zero-order valence-electron chi connectivity index (χ0n) is 15.2. The number of hydrogen-bond donors (Lipinski definition) is 0. The number of ether oxygens (including phenoxy) is 1. The fourth-order valence-corrected chi connectivity index (χ4v) is 4.08. The fraction of sp³-hybridized carbons (Fsp3) is 0.318. The summed E-state index contributed by atoms with van der Waals surface area (Å²) in [6.07, 6.45) is 1.43. The number of carbonyl (C=O) groups excluding carboxylic acids is 1. The normalized spacial score (nSPS) is 17.6. The van der Waals surface area contributed by atoms with Crippen molar-refractivity contribution in [2.45, 2.75) is 24.4 Å². The van der Waals surface area contributed by atoms with Crippen molar-refractivity contribution in [2.75, 3.05) is 19.7 Å². The van der Waals surface area contributed by atoms with Crippen LogP contribution < -0.4 is 4.74 Å². The molecule has 1 amide bonds. The number of carbonyl (C=O) groups is 1. The Balaban J connectivity index is 1.38. The molecule has 6 heteroatoms. The third-order valence-electron chi connectivity index (χ3n) is 5.63. The van der Waals surface area contributed by atoms with Crippen LogP contribution in [0.2, 0.25) is 0 Å². The molecule has 0 bridgehead atoms. The van der Waals surface area contributed by atoms with Gasteiger partial charge in [0.25, 0.3) is 5.91 Å². The van der Waals surface area contributed by atoms with Crippen molar-refractivity contribution < 1.29 is 22.7 Å². The number of likely N-dealkylation sites (tertiary alicyclic amines) is 1. The lowest BCUT2D eigenvalue weighted by atomic mass is 9.74. The van der Waals surface area contributed by atoms with Crippen LogP contribution in [0, 0.1) is 0 Å². The van der Waals surface area contributed by atoms with Gasteiger partial charge in [-0.25, -0.2) is 0 Å². The van der Waals surface area contributed by atoms with E-state index in [9.17, 15) is 18.0 Å². The molecule has 2 aromatic carbocycles. The number of allylic oxidation sites excluding steroid dienone is 1. The highest BCUT2D eigenvalue weighted by molar-refractivity contribution is 5.78. The number of alkyl halides is 3. The molecule has 0 N–H and O–H groups in total. The maximum Gasteiger partial charge on any atom is 0.419 e. The number of piperidine rings is 1. The highest BCUT2D eigenvalue weighted by Crippen LogP contribution is 2.43. The summed E-state index contributed by atoms with van der Waals surface area (Å²) in [4.78, 5) is 14.2. The SMILES string of the molecule is O=C(COc1ccccc1C(F)(F)F)N1CCC2(C=Cc3ccccc32)CC1. The lowest BCUT2D eigenvalue weighted by Gasteiger charge is -2.39. The van der Waals surface area contributed by atoms with Crippen LogP contribution in [0.3, 0.4) is 0 Å². The Kier molecular flexibility index (Phi) is 4.65. The van der Waals surface area contributed by atoms with Crippen molar-refractivity contribution in [3.8, 4) is 5.75 Å². The van der Waals surface area contributed by atoms with Gasteiger partial charge in [0.15, 0.2) is 6.61 Å². The number of halogens is 3. The van der Waals surface area contributed by atoms with E-state index in [1.165, 1.54) is 29.3 Å². The average Bonchev–Trinajstić information content (AvgIpc) is 3.05. The third kappa shape index (κ3) is 3.39. The molecule has 0 aromatic heterocycles. The molecule has 1 aliphatic carbocycles. The van der Waals surface area contributed by atoms with Crippen molar-refractivity contribution in [3.05, 3.63) is 71.3 Å². The van der Waals surface area contributed by atoms with Gasteiger partial charge >= 0.3 is 6.18 Å². The molecule has 1 aliphatic heterocycles. The van der Waals surface area contributed by atoms with E-state index in [0.29, 0.717) is 13.1 Å². The largest absolute Gasteiger partial charge is 0.483 e. The minimum atomic E-state index is -4.51. The summed E-state index contributed by atoms with van der Waals surface area (Å²) >= 11 is 0. The van der Waals surface area contributed by atoms with E-state index < -0.39 is 18.3 Å². The minimum Gasteiger partial charge on any atom is -0.483 e. The molecule has 1 heterocycles. The molecule has 1 saturated heterocycles. The van der Waals surface area contributed by atoms with E-state index in [4.69, 9.17) is 4.74 Å². The van der Waals surface area contributed by atoms with Crippen LogP contribution >= 0.6 is 0 Å². The third-order valence-corrected chi connectivity index (χ3v) is 5.63. The van der Waals surface area contributed by atoms with Crippen LogP contribution in [0.25, 0.3) is 6.08 Å². The zero-order chi connectivity index (χ0) is 19.8. The molecule has 28 heavy (non-hydrogen) atoms. The average molecular weight is 387 g/mol. The summed E-state index contributed by atoms with van der Waals surface area (Å²) in [6.45, 7) is 0.718. The monoisotopic (exact) mass is 387 g/mol. The molecule has 0 saturated carbocycles. The van der Waals surface area contributed by atoms with Crippen LogP contribution in [0.15, 0.2) is 54.6 Å². The van der Waals surface area contributed by atoms with E-state index in [1.54, 1.807) is 4.90 Å². The van der Waals surface area contributed by atoms with E-state index >= 15 is 0 Å². The maximum absolute atomic E-state index is 13.0. The number of para-hydroxylation sites is 1. The molecule has 1 spiro atoms. The molecule has 1 fully saturated rings.